The predicted molar refractivity (Wildman–Crippen MR) is 126 cm³/mol. The Kier molecular flexibility index (Phi) is 6.10. The van der Waals surface area contributed by atoms with Gasteiger partial charge in [0, 0.05) is 11.8 Å². The number of nitrogens with zero attached hydrogens (tertiary/aromatic N) is 1. The molecule has 6 nitrogen and oxygen atoms in total. The summed E-state index contributed by atoms with van der Waals surface area (Å²) in [5.41, 5.74) is 4.79. The van der Waals surface area contributed by atoms with Gasteiger partial charge < -0.3 is 10.1 Å². The summed E-state index contributed by atoms with van der Waals surface area (Å²) >= 11 is 1.32. The Morgan fingerprint density at radius 3 is 2.09 bits per heavy atom. The Labute approximate surface area is 190 Å². The van der Waals surface area contributed by atoms with Gasteiger partial charge in [0.05, 0.1) is 16.9 Å². The molecule has 0 atom stereocenters. The number of ether oxygens (including phenoxy) is 1. The first-order valence-corrected chi connectivity index (χ1v) is 11.2. The van der Waals surface area contributed by atoms with E-state index < -0.39 is 12.6 Å². The Bertz CT molecular complexity index is 1170. The van der Waals surface area contributed by atoms with Crippen LogP contribution in [0.25, 0.3) is 0 Å². The summed E-state index contributed by atoms with van der Waals surface area (Å²) in [6, 6.07) is 15.6. The quantitative estimate of drug-likeness (QED) is 0.574. The predicted octanol–water partition coefficient (Wildman–Crippen LogP) is 4.94. The highest BCUT2D eigenvalue weighted by Gasteiger charge is 2.28. The van der Waals surface area contributed by atoms with Gasteiger partial charge in [-0.3, -0.25) is 14.5 Å². The van der Waals surface area contributed by atoms with Crippen LogP contribution in [0.2, 0.25) is 0 Å². The van der Waals surface area contributed by atoms with Gasteiger partial charge in [-0.2, -0.15) is 0 Å². The number of hydrogen-bond donors (Lipinski definition) is 1. The average Bonchev–Trinajstić information content (AvgIpc) is 2.94. The zero-order valence-corrected chi connectivity index (χ0v) is 19.0. The summed E-state index contributed by atoms with van der Waals surface area (Å²) in [6.45, 7) is 4.65. The maximum atomic E-state index is 13.3. The molecule has 1 aliphatic heterocycles. The third kappa shape index (κ3) is 4.16. The van der Waals surface area contributed by atoms with Crippen LogP contribution < -0.4 is 10.2 Å². The number of carbonyl (C=O) groups is 3. The minimum Gasteiger partial charge on any atom is -0.452 e. The average molecular weight is 449 g/mol. The number of thiophene rings is 1. The largest absolute Gasteiger partial charge is 0.452 e. The number of benzene rings is 2. The molecule has 0 aliphatic carbocycles. The second kappa shape index (κ2) is 8.96. The highest BCUT2D eigenvalue weighted by molar-refractivity contribution is 7.16. The monoisotopic (exact) mass is 448 g/mol. The first-order chi connectivity index (χ1) is 15.4. The molecule has 3 aromatic rings. The van der Waals surface area contributed by atoms with Gasteiger partial charge in [0.15, 0.2) is 6.61 Å². The maximum Gasteiger partial charge on any atom is 0.341 e. The van der Waals surface area contributed by atoms with Gasteiger partial charge in [-0.1, -0.05) is 36.4 Å². The van der Waals surface area contributed by atoms with Crippen molar-refractivity contribution in [3.8, 4) is 0 Å². The molecule has 4 rings (SSSR count). The minimum atomic E-state index is -0.625. The molecule has 0 saturated heterocycles. The van der Waals surface area contributed by atoms with Crippen LogP contribution in [-0.4, -0.2) is 24.4 Å². The highest BCUT2D eigenvalue weighted by Crippen LogP contribution is 2.36. The Hall–Kier alpha value is -3.45. The molecule has 1 N–H and O–H groups in total. The van der Waals surface area contributed by atoms with Crippen molar-refractivity contribution in [2.45, 2.75) is 33.6 Å². The second-order valence-electron chi connectivity index (χ2n) is 7.73. The molecular formula is C25H24N2O4S. The van der Waals surface area contributed by atoms with E-state index in [0.29, 0.717) is 10.6 Å². The van der Waals surface area contributed by atoms with Crippen molar-refractivity contribution in [1.29, 1.82) is 0 Å². The maximum absolute atomic E-state index is 13.3. The fourth-order valence-electron chi connectivity index (χ4n) is 3.93. The molecule has 2 amide bonds. The molecule has 32 heavy (non-hydrogen) atoms. The zero-order chi connectivity index (χ0) is 22.8. The lowest BCUT2D eigenvalue weighted by Crippen LogP contribution is -2.31. The SMILES string of the molecule is CC(=O)Nc1sc(C)c(C)c1C(=O)OCC(=O)N1c2ccccc2CCc2ccccc21. The Morgan fingerprint density at radius 2 is 1.53 bits per heavy atom. The zero-order valence-electron chi connectivity index (χ0n) is 18.2. The third-order valence-electron chi connectivity index (χ3n) is 5.58. The second-order valence-corrected chi connectivity index (χ2v) is 8.96. The van der Waals surface area contributed by atoms with E-state index in [1.54, 1.807) is 11.8 Å². The molecule has 164 valence electrons. The Morgan fingerprint density at radius 1 is 0.969 bits per heavy atom. The van der Waals surface area contributed by atoms with Gasteiger partial charge in [-0.15, -0.1) is 11.3 Å². The molecule has 0 unspecified atom stereocenters. The molecular weight excluding hydrogens is 424 g/mol. The summed E-state index contributed by atoms with van der Waals surface area (Å²) in [6.07, 6.45) is 1.65. The number of anilines is 3. The van der Waals surface area contributed by atoms with Gasteiger partial charge >= 0.3 is 5.97 Å². The van der Waals surface area contributed by atoms with Gasteiger partial charge in [0.25, 0.3) is 5.91 Å². The fourth-order valence-corrected chi connectivity index (χ4v) is 5.03. The lowest BCUT2D eigenvalue weighted by atomic mass is 10.0. The number of nitrogens with one attached hydrogen (secondary N) is 1. The molecule has 2 aromatic carbocycles. The van der Waals surface area contributed by atoms with Crippen molar-refractivity contribution >= 4 is 45.5 Å². The topological polar surface area (TPSA) is 75.7 Å². The lowest BCUT2D eigenvalue weighted by molar-refractivity contribution is -0.121. The van der Waals surface area contributed by atoms with E-state index in [0.717, 1.165) is 45.8 Å². The van der Waals surface area contributed by atoms with E-state index in [1.807, 2.05) is 55.5 Å². The minimum absolute atomic E-state index is 0.269. The normalized spacial score (nSPS) is 12.4. The fraction of sp³-hybridized carbons (Fsp3) is 0.240. The van der Waals surface area contributed by atoms with Gasteiger partial charge in [0.1, 0.15) is 5.00 Å². The Balaban J connectivity index is 1.61. The van der Waals surface area contributed by atoms with E-state index >= 15 is 0 Å². The molecule has 0 saturated carbocycles. The number of rotatable bonds is 4. The standard InChI is InChI=1S/C25H24N2O4S/c1-15-16(2)32-24(26-17(3)28)23(15)25(30)31-14-22(29)27-20-10-6-4-8-18(20)12-13-19-9-5-7-11-21(19)27/h4-11H,12-14H2,1-3H3,(H,26,28). The first-order valence-electron chi connectivity index (χ1n) is 10.4. The van der Waals surface area contributed by atoms with Crippen LogP contribution in [-0.2, 0) is 27.2 Å². The van der Waals surface area contributed by atoms with E-state index in [9.17, 15) is 14.4 Å². The van der Waals surface area contributed by atoms with Crippen LogP contribution in [0.4, 0.5) is 16.4 Å². The highest BCUT2D eigenvalue weighted by atomic mass is 32.1. The number of para-hydroxylation sites is 2. The van der Waals surface area contributed by atoms with Gasteiger partial charge in [-0.05, 0) is 55.5 Å². The summed E-state index contributed by atoms with van der Waals surface area (Å²) in [5, 5.41) is 3.12. The van der Waals surface area contributed by atoms with Crippen molar-refractivity contribution in [2.75, 3.05) is 16.8 Å². The van der Waals surface area contributed by atoms with Crippen LogP contribution in [0.5, 0.6) is 0 Å². The molecule has 1 aliphatic rings. The number of hydrogen-bond acceptors (Lipinski definition) is 5. The molecule has 2 heterocycles. The van der Waals surface area contributed by atoms with Crippen LogP contribution in [0.15, 0.2) is 48.5 Å². The van der Waals surface area contributed by atoms with Crippen molar-refractivity contribution < 1.29 is 19.1 Å². The van der Waals surface area contributed by atoms with Crippen LogP contribution in [0, 0.1) is 13.8 Å². The number of aryl methyl sites for hydroxylation is 3. The van der Waals surface area contributed by atoms with Crippen molar-refractivity contribution in [3.05, 3.63) is 75.7 Å². The van der Waals surface area contributed by atoms with E-state index in [2.05, 4.69) is 5.32 Å². The number of fused-ring (bicyclic) bond motifs is 2. The van der Waals surface area contributed by atoms with Gasteiger partial charge in [0.2, 0.25) is 5.91 Å². The van der Waals surface area contributed by atoms with Crippen LogP contribution >= 0.6 is 11.3 Å². The van der Waals surface area contributed by atoms with Crippen molar-refractivity contribution in [1.82, 2.24) is 0 Å². The molecule has 1 aromatic heterocycles. The molecule has 7 heteroatoms. The summed E-state index contributed by atoms with van der Waals surface area (Å²) in [7, 11) is 0. The summed E-state index contributed by atoms with van der Waals surface area (Å²) in [4.78, 5) is 40.3. The molecule has 0 spiro atoms. The lowest BCUT2D eigenvalue weighted by Gasteiger charge is -2.24. The van der Waals surface area contributed by atoms with Crippen LogP contribution in [0.3, 0.4) is 0 Å². The van der Waals surface area contributed by atoms with E-state index in [4.69, 9.17) is 4.74 Å². The van der Waals surface area contributed by atoms with Crippen molar-refractivity contribution in [3.63, 3.8) is 0 Å². The van der Waals surface area contributed by atoms with Crippen molar-refractivity contribution in [2.24, 2.45) is 0 Å². The van der Waals surface area contributed by atoms with E-state index in [-0.39, 0.29) is 11.8 Å². The third-order valence-corrected chi connectivity index (χ3v) is 6.71. The number of carbonyl (C=O) groups excluding carboxylic acids is 3. The smallest absolute Gasteiger partial charge is 0.341 e. The molecule has 0 bridgehead atoms. The molecule has 0 fully saturated rings. The molecule has 0 radical (unpaired) electrons. The number of amides is 2. The van der Waals surface area contributed by atoms with Gasteiger partial charge in [-0.25, -0.2) is 4.79 Å². The summed E-state index contributed by atoms with van der Waals surface area (Å²) in [5.74, 6) is -1.22. The van der Waals surface area contributed by atoms with E-state index in [1.165, 1.54) is 18.3 Å². The van der Waals surface area contributed by atoms with Crippen LogP contribution in [0.1, 0.15) is 38.8 Å². The first kappa shape index (κ1) is 21.8. The number of esters is 1. The summed E-state index contributed by atoms with van der Waals surface area (Å²) < 4.78 is 5.46.